The smallest absolute Gasteiger partial charge is 0.00882 e. The van der Waals surface area contributed by atoms with Crippen molar-refractivity contribution in [1.29, 1.82) is 0 Å². The molecule has 0 radical (unpaired) electrons. The van der Waals surface area contributed by atoms with Crippen molar-refractivity contribution in [3.8, 4) is 0 Å². The second-order valence-corrected chi connectivity index (χ2v) is 28.2. The van der Waals surface area contributed by atoms with E-state index >= 15 is 0 Å². The summed E-state index contributed by atoms with van der Waals surface area (Å²) in [7, 11) is 0. The predicted molar refractivity (Wildman–Crippen MR) is 333 cm³/mol. The van der Waals surface area contributed by atoms with E-state index < -0.39 is 0 Å². The van der Waals surface area contributed by atoms with E-state index in [-0.39, 0.29) is 0 Å². The van der Waals surface area contributed by atoms with Crippen LogP contribution in [-0.2, 0) is 51.4 Å². The molecule has 0 aromatic heterocycles. The Bertz CT molecular complexity index is 2120. The maximum atomic E-state index is 2.26. The van der Waals surface area contributed by atoms with E-state index in [0.717, 1.165) is 19.3 Å². The first-order valence-electron chi connectivity index (χ1n) is 28.2. The minimum atomic E-state index is 0.500. The zero-order valence-corrected chi connectivity index (χ0v) is 51.0. The molecule has 0 atom stereocenters. The Morgan fingerprint density at radius 3 is 0.808 bits per heavy atom. The highest BCUT2D eigenvalue weighted by Crippen LogP contribution is 2.22. The average molecular weight is 988 g/mol. The maximum Gasteiger partial charge on any atom is -0.00882 e. The number of benzene rings is 5. The lowest BCUT2D eigenvalue weighted by atomic mass is 9.92. The summed E-state index contributed by atoms with van der Waals surface area (Å²) in [5.74, 6) is 0. The summed E-state index contributed by atoms with van der Waals surface area (Å²) in [5.41, 5.74) is 17.5. The van der Waals surface area contributed by atoms with E-state index in [1.807, 2.05) is 0 Å². The van der Waals surface area contributed by atoms with Gasteiger partial charge in [-0.3, -0.25) is 0 Å². The van der Waals surface area contributed by atoms with Gasteiger partial charge in [0.05, 0.1) is 0 Å². The highest BCUT2D eigenvalue weighted by Gasteiger charge is 2.08. The fraction of sp³-hybridized carbons (Fsp3) is 0.507. The number of rotatable bonds is 0. The predicted octanol–water partition coefficient (Wildman–Crippen LogP) is 22.2. The van der Waals surface area contributed by atoms with Crippen molar-refractivity contribution in [2.75, 3.05) is 0 Å². The third kappa shape index (κ3) is 41.4. The Balaban J connectivity index is 0.000000413. The van der Waals surface area contributed by atoms with Gasteiger partial charge < -0.3 is 0 Å². The molecule has 0 saturated heterocycles. The zero-order valence-electron chi connectivity index (χ0n) is 51.0. The van der Waals surface area contributed by atoms with E-state index in [0.29, 0.717) is 27.1 Å². The first-order chi connectivity index (χ1) is 33.8. The largest absolute Gasteiger partial charge is 0.0838 e. The van der Waals surface area contributed by atoms with Crippen molar-refractivity contribution in [2.45, 2.75) is 216 Å². The fourth-order valence-electron chi connectivity index (χ4n) is 7.14. The topological polar surface area (TPSA) is 0 Å². The SMILES string of the molecule is C1=CCc2ccccc2C1.C1=Cc2ccccc2C1.C1=Cc2ccccc2CC1.CC(C)(C)C.CC(C)(C)C.CC(C)(C)C.CC(C)(C)C.CC(C)(C)C.c1ccc2c(c1)CCC2.c1ccc2c(c1)CCCC2. The average Bonchev–Trinajstić information content (AvgIpc) is 3.98. The lowest BCUT2D eigenvalue weighted by Crippen LogP contribution is -2.00. The molecule has 0 aliphatic heterocycles. The van der Waals surface area contributed by atoms with Crippen molar-refractivity contribution < 1.29 is 0 Å². The number of hydrogen-bond donors (Lipinski definition) is 0. The molecule has 5 aromatic carbocycles. The normalized spacial score (nSPS) is 14.0. The molecular weight excluding hydrogens is 877 g/mol. The summed E-state index contributed by atoms with van der Waals surface area (Å²) >= 11 is 0. The molecule has 0 nitrogen and oxygen atoms in total. The van der Waals surface area contributed by atoms with E-state index in [1.54, 1.807) is 22.3 Å². The van der Waals surface area contributed by atoms with Crippen LogP contribution in [-0.4, -0.2) is 0 Å². The molecule has 0 amide bonds. The summed E-state index contributed by atoms with van der Waals surface area (Å²) in [6, 6.07) is 43.2. The zero-order chi connectivity index (χ0) is 55.1. The van der Waals surface area contributed by atoms with Crippen molar-refractivity contribution in [2.24, 2.45) is 27.1 Å². The molecular formula is C73H110. The van der Waals surface area contributed by atoms with Crippen LogP contribution in [0.3, 0.4) is 0 Å². The summed E-state index contributed by atoms with van der Waals surface area (Å²) in [6.07, 6.45) is 28.4. The monoisotopic (exact) mass is 987 g/mol. The highest BCUT2D eigenvalue weighted by molar-refractivity contribution is 5.59. The van der Waals surface area contributed by atoms with E-state index in [9.17, 15) is 0 Å². The molecule has 0 N–H and O–H groups in total. The Morgan fingerprint density at radius 1 is 0.233 bits per heavy atom. The van der Waals surface area contributed by atoms with Crippen LogP contribution in [0.25, 0.3) is 12.2 Å². The van der Waals surface area contributed by atoms with Gasteiger partial charge in [0, 0.05) is 0 Å². The third-order valence-corrected chi connectivity index (χ3v) is 9.85. The molecule has 5 aromatic rings. The molecule has 0 fully saturated rings. The van der Waals surface area contributed by atoms with Gasteiger partial charge in [0.15, 0.2) is 0 Å². The van der Waals surface area contributed by atoms with E-state index in [1.165, 1.54) is 91.2 Å². The van der Waals surface area contributed by atoms with Gasteiger partial charge in [0.25, 0.3) is 0 Å². The lowest BCUT2D eigenvalue weighted by Gasteiger charge is -2.13. The number of allylic oxidation sites excluding steroid dienone is 4. The van der Waals surface area contributed by atoms with Crippen LogP contribution < -0.4 is 0 Å². The van der Waals surface area contributed by atoms with Crippen molar-refractivity contribution in [3.05, 3.63) is 201 Å². The van der Waals surface area contributed by atoms with Gasteiger partial charge in [0.2, 0.25) is 0 Å². The minimum Gasteiger partial charge on any atom is -0.0838 e. The van der Waals surface area contributed by atoms with Gasteiger partial charge in [0.1, 0.15) is 0 Å². The first-order valence-corrected chi connectivity index (χ1v) is 28.2. The molecule has 5 aliphatic rings. The van der Waals surface area contributed by atoms with Gasteiger partial charge in [-0.1, -0.05) is 296 Å². The van der Waals surface area contributed by atoms with Crippen LogP contribution in [0.2, 0.25) is 0 Å². The number of hydrogen-bond acceptors (Lipinski definition) is 0. The summed E-state index contributed by atoms with van der Waals surface area (Å²) < 4.78 is 0. The summed E-state index contributed by atoms with van der Waals surface area (Å²) in [5, 5.41) is 0. The highest BCUT2D eigenvalue weighted by atomic mass is 14.1. The first kappa shape index (κ1) is 66.3. The van der Waals surface area contributed by atoms with Crippen LogP contribution in [0.15, 0.2) is 146 Å². The summed E-state index contributed by atoms with van der Waals surface area (Å²) in [6.45, 7) is 43.8. The van der Waals surface area contributed by atoms with Gasteiger partial charge in [-0.15, -0.1) is 0 Å². The molecule has 0 unspecified atom stereocenters. The Hall–Kier alpha value is -4.68. The molecule has 0 bridgehead atoms. The Morgan fingerprint density at radius 2 is 0.479 bits per heavy atom. The van der Waals surface area contributed by atoms with Crippen LogP contribution in [0.1, 0.15) is 220 Å². The van der Waals surface area contributed by atoms with E-state index in [4.69, 9.17) is 0 Å². The Labute approximate surface area is 453 Å². The van der Waals surface area contributed by atoms with Crippen molar-refractivity contribution in [3.63, 3.8) is 0 Å². The quantitative estimate of drug-likeness (QED) is 0.136. The molecule has 0 saturated carbocycles. The molecule has 0 heteroatoms. The van der Waals surface area contributed by atoms with Crippen LogP contribution >= 0.6 is 0 Å². The third-order valence-electron chi connectivity index (χ3n) is 9.85. The number of fused-ring (bicyclic) bond motifs is 5. The standard InChI is InChI=1S/C10H12.2C10H10.C9H10.C9H8.5C5H12/c3*1-2-6-10-8-4-3-7-9(10)5-1;2*1-2-5-9-7-3-6-8(9)4-1;5*1-5(2,3)4/h1-2,5-6H,3-4,7-8H2;1-3,5-7H,4,8H2;1-6H,7-8H2;1-2,4-5H,3,6-7H2;1-6H,7H2;5*1-4H3. The van der Waals surface area contributed by atoms with Crippen molar-refractivity contribution in [1.82, 2.24) is 0 Å². The van der Waals surface area contributed by atoms with Crippen LogP contribution in [0.5, 0.6) is 0 Å². The van der Waals surface area contributed by atoms with Crippen molar-refractivity contribution >= 4 is 12.2 Å². The van der Waals surface area contributed by atoms with Gasteiger partial charge in [-0.2, -0.15) is 0 Å². The maximum absolute atomic E-state index is 2.26. The van der Waals surface area contributed by atoms with Gasteiger partial charge in [-0.25, -0.2) is 0 Å². The second kappa shape index (κ2) is 34.0. The van der Waals surface area contributed by atoms with Gasteiger partial charge in [-0.05, 0) is 160 Å². The molecule has 10 rings (SSSR count). The minimum absolute atomic E-state index is 0.500. The molecule has 402 valence electrons. The van der Waals surface area contributed by atoms with Gasteiger partial charge >= 0.3 is 0 Å². The van der Waals surface area contributed by atoms with E-state index in [2.05, 4.69) is 296 Å². The molecule has 0 spiro atoms. The molecule has 73 heavy (non-hydrogen) atoms. The Kier molecular flexibility index (Phi) is 30.9. The fourth-order valence-corrected chi connectivity index (χ4v) is 7.14. The van der Waals surface area contributed by atoms with Crippen LogP contribution in [0, 0.1) is 27.1 Å². The number of aryl methyl sites for hydroxylation is 5. The molecule has 0 heterocycles. The van der Waals surface area contributed by atoms with Crippen LogP contribution in [0.4, 0.5) is 0 Å². The molecule has 5 aliphatic carbocycles. The lowest BCUT2D eigenvalue weighted by molar-refractivity contribution is 0.469. The summed E-state index contributed by atoms with van der Waals surface area (Å²) in [4.78, 5) is 0. The second-order valence-electron chi connectivity index (χ2n) is 28.2.